The van der Waals surface area contributed by atoms with E-state index in [0.29, 0.717) is 0 Å². The van der Waals surface area contributed by atoms with Gasteiger partial charge in [0.05, 0.1) is 11.7 Å². The lowest BCUT2D eigenvalue weighted by molar-refractivity contribution is 0.535. The first kappa shape index (κ1) is 15.1. The van der Waals surface area contributed by atoms with Crippen LogP contribution in [0.2, 0.25) is 0 Å². The number of benzene rings is 1. The number of rotatable bonds is 7. The van der Waals surface area contributed by atoms with Gasteiger partial charge in [-0.3, -0.25) is 4.68 Å². The molecule has 0 amide bonds. The van der Waals surface area contributed by atoms with E-state index < -0.39 is 0 Å². The Labute approximate surface area is 123 Å². The highest BCUT2D eigenvalue weighted by Gasteiger charge is 2.14. The Hall–Kier alpha value is -1.33. The van der Waals surface area contributed by atoms with E-state index in [1.165, 1.54) is 6.07 Å². The minimum absolute atomic E-state index is 0.186. The van der Waals surface area contributed by atoms with Crippen molar-refractivity contribution in [2.24, 2.45) is 7.05 Å². The van der Waals surface area contributed by atoms with Crippen LogP contribution in [0, 0.1) is 5.82 Å². The molecule has 1 N–H and O–H groups in total. The van der Waals surface area contributed by atoms with Crippen molar-refractivity contribution in [3.05, 3.63) is 48.0 Å². The van der Waals surface area contributed by atoms with E-state index in [0.717, 1.165) is 29.3 Å². The molecular formula is C15H20FN3S. The Bertz CT molecular complexity index is 541. The third-order valence-electron chi connectivity index (χ3n) is 3.07. The molecule has 20 heavy (non-hydrogen) atoms. The molecular weight excluding hydrogens is 273 g/mol. The predicted octanol–water partition coefficient (Wildman–Crippen LogP) is 3.39. The zero-order chi connectivity index (χ0) is 14.4. The van der Waals surface area contributed by atoms with Gasteiger partial charge < -0.3 is 5.32 Å². The van der Waals surface area contributed by atoms with E-state index >= 15 is 0 Å². The van der Waals surface area contributed by atoms with Crippen LogP contribution in [0.15, 0.2) is 41.4 Å². The maximum Gasteiger partial charge on any atom is 0.124 e. The first-order chi connectivity index (χ1) is 9.70. The summed E-state index contributed by atoms with van der Waals surface area (Å²) in [6.07, 6.45) is 2.89. The summed E-state index contributed by atoms with van der Waals surface area (Å²) < 4.78 is 15.1. The lowest BCUT2D eigenvalue weighted by atomic mass is 10.2. The highest BCUT2D eigenvalue weighted by molar-refractivity contribution is 7.99. The predicted molar refractivity (Wildman–Crippen MR) is 81.4 cm³/mol. The fraction of sp³-hybridized carbons (Fsp3) is 0.400. The molecule has 0 radical (unpaired) electrons. The maximum absolute atomic E-state index is 13.2. The topological polar surface area (TPSA) is 29.9 Å². The molecule has 5 heteroatoms. The Morgan fingerprint density at radius 3 is 2.90 bits per heavy atom. The number of nitrogens with zero attached hydrogens (tertiary/aromatic N) is 2. The third-order valence-corrected chi connectivity index (χ3v) is 4.16. The fourth-order valence-electron chi connectivity index (χ4n) is 2.03. The minimum atomic E-state index is -0.186. The van der Waals surface area contributed by atoms with Crippen molar-refractivity contribution in [2.75, 3.05) is 12.3 Å². The zero-order valence-corrected chi connectivity index (χ0v) is 12.7. The van der Waals surface area contributed by atoms with Crippen LogP contribution in [0.1, 0.15) is 25.1 Å². The molecule has 2 aromatic rings. The summed E-state index contributed by atoms with van der Waals surface area (Å²) in [5.74, 6) is 0.664. The summed E-state index contributed by atoms with van der Waals surface area (Å²) >= 11 is 1.66. The number of hydrogen-bond acceptors (Lipinski definition) is 3. The van der Waals surface area contributed by atoms with Crippen molar-refractivity contribution in [1.29, 1.82) is 0 Å². The molecule has 0 aliphatic heterocycles. The van der Waals surface area contributed by atoms with Crippen LogP contribution < -0.4 is 5.32 Å². The number of hydrogen-bond donors (Lipinski definition) is 1. The monoisotopic (exact) mass is 293 g/mol. The molecule has 1 aromatic heterocycles. The summed E-state index contributed by atoms with van der Waals surface area (Å²) in [7, 11) is 1.95. The molecule has 1 heterocycles. The van der Waals surface area contributed by atoms with Gasteiger partial charge in [0.2, 0.25) is 0 Å². The van der Waals surface area contributed by atoms with Gasteiger partial charge in [-0.05, 0) is 37.2 Å². The molecule has 0 spiro atoms. The highest BCUT2D eigenvalue weighted by atomic mass is 32.2. The number of thioether (sulfide) groups is 1. The number of halogens is 1. The van der Waals surface area contributed by atoms with Crippen molar-refractivity contribution in [3.8, 4) is 0 Å². The summed E-state index contributed by atoms with van der Waals surface area (Å²) in [6.45, 7) is 3.10. The summed E-state index contributed by atoms with van der Waals surface area (Å²) in [4.78, 5) is 0.954. The van der Waals surface area contributed by atoms with Crippen LogP contribution in [0.5, 0.6) is 0 Å². The van der Waals surface area contributed by atoms with Gasteiger partial charge in [-0.15, -0.1) is 11.8 Å². The number of aryl methyl sites for hydroxylation is 1. The van der Waals surface area contributed by atoms with Crippen LogP contribution in [0.3, 0.4) is 0 Å². The van der Waals surface area contributed by atoms with E-state index in [9.17, 15) is 4.39 Å². The maximum atomic E-state index is 13.2. The van der Waals surface area contributed by atoms with Crippen LogP contribution in [-0.2, 0) is 7.05 Å². The minimum Gasteiger partial charge on any atom is -0.308 e. The average Bonchev–Trinajstić information content (AvgIpc) is 2.85. The highest BCUT2D eigenvalue weighted by Crippen LogP contribution is 2.25. The summed E-state index contributed by atoms with van der Waals surface area (Å²) in [6, 6.07) is 8.97. The van der Waals surface area contributed by atoms with Crippen molar-refractivity contribution >= 4 is 11.8 Å². The van der Waals surface area contributed by atoms with Crippen molar-refractivity contribution in [1.82, 2.24) is 15.1 Å². The van der Waals surface area contributed by atoms with Gasteiger partial charge in [-0.25, -0.2) is 4.39 Å². The van der Waals surface area contributed by atoms with Gasteiger partial charge in [-0.2, -0.15) is 5.10 Å². The van der Waals surface area contributed by atoms with Gasteiger partial charge in [0.1, 0.15) is 5.82 Å². The zero-order valence-electron chi connectivity index (χ0n) is 11.8. The normalized spacial score (nSPS) is 12.6. The molecule has 0 fully saturated rings. The van der Waals surface area contributed by atoms with E-state index in [2.05, 4.69) is 17.3 Å². The number of nitrogens with one attached hydrogen (secondary N) is 1. The Morgan fingerprint density at radius 2 is 2.25 bits per heavy atom. The second-order valence-electron chi connectivity index (χ2n) is 4.65. The second kappa shape index (κ2) is 7.45. The molecule has 108 valence electrons. The van der Waals surface area contributed by atoms with Gasteiger partial charge in [0.25, 0.3) is 0 Å². The first-order valence-electron chi connectivity index (χ1n) is 6.80. The summed E-state index contributed by atoms with van der Waals surface area (Å²) in [5, 5.41) is 7.74. The van der Waals surface area contributed by atoms with Gasteiger partial charge >= 0.3 is 0 Å². The lowest BCUT2D eigenvalue weighted by Crippen LogP contribution is -2.26. The quantitative estimate of drug-likeness (QED) is 0.794. The lowest BCUT2D eigenvalue weighted by Gasteiger charge is -2.18. The van der Waals surface area contributed by atoms with Gasteiger partial charge in [0.15, 0.2) is 0 Å². The molecule has 3 nitrogen and oxygen atoms in total. The van der Waals surface area contributed by atoms with E-state index in [-0.39, 0.29) is 11.9 Å². The SMILES string of the molecule is CCCNC(CSc1cccc(F)c1)c1ccnn1C. The standard InChI is InChI=1S/C15H20FN3S/c1-3-8-17-14(15-7-9-18-19(15)2)11-20-13-6-4-5-12(16)10-13/h4-7,9-10,14,17H,3,8,11H2,1-2H3. The molecule has 0 saturated carbocycles. The third kappa shape index (κ3) is 4.08. The first-order valence-corrected chi connectivity index (χ1v) is 7.79. The van der Waals surface area contributed by atoms with Gasteiger partial charge in [0, 0.05) is 23.9 Å². The molecule has 2 rings (SSSR count). The molecule has 0 aliphatic carbocycles. The van der Waals surface area contributed by atoms with E-state index in [4.69, 9.17) is 0 Å². The number of aromatic nitrogens is 2. The Morgan fingerprint density at radius 1 is 1.40 bits per heavy atom. The molecule has 0 aliphatic rings. The van der Waals surface area contributed by atoms with Crippen molar-refractivity contribution in [3.63, 3.8) is 0 Å². The summed E-state index contributed by atoms with van der Waals surface area (Å²) in [5.41, 5.74) is 1.15. The van der Waals surface area contributed by atoms with Crippen molar-refractivity contribution in [2.45, 2.75) is 24.3 Å². The smallest absolute Gasteiger partial charge is 0.124 e. The average molecular weight is 293 g/mol. The van der Waals surface area contributed by atoms with Crippen LogP contribution in [0.25, 0.3) is 0 Å². The fourth-order valence-corrected chi connectivity index (χ4v) is 3.05. The molecule has 1 atom stereocenters. The van der Waals surface area contributed by atoms with Crippen molar-refractivity contribution < 1.29 is 4.39 Å². The van der Waals surface area contributed by atoms with Crippen LogP contribution in [0.4, 0.5) is 4.39 Å². The van der Waals surface area contributed by atoms with Crippen LogP contribution in [-0.4, -0.2) is 22.1 Å². The largest absolute Gasteiger partial charge is 0.308 e. The van der Waals surface area contributed by atoms with Crippen LogP contribution >= 0.6 is 11.8 Å². The van der Waals surface area contributed by atoms with E-state index in [1.807, 2.05) is 30.1 Å². The molecule has 1 aromatic carbocycles. The molecule has 0 saturated heterocycles. The Kier molecular flexibility index (Phi) is 5.61. The van der Waals surface area contributed by atoms with E-state index in [1.54, 1.807) is 23.9 Å². The van der Waals surface area contributed by atoms with Gasteiger partial charge in [-0.1, -0.05) is 13.0 Å². The molecule has 0 bridgehead atoms. The molecule has 1 unspecified atom stereocenters. The Balaban J connectivity index is 2.03. The second-order valence-corrected chi connectivity index (χ2v) is 5.75.